The Morgan fingerprint density at radius 1 is 1.50 bits per heavy atom. The standard InChI is InChI=1S/C10H8N4O2/c11-13-12-8-4-3-6-9-5-1-2-7-10(9)14(15)16/h1-2,5,7H,4,8H2. The van der Waals surface area contributed by atoms with Crippen molar-refractivity contribution in [1.29, 1.82) is 0 Å². The summed E-state index contributed by atoms with van der Waals surface area (Å²) in [5, 5.41) is 13.9. The van der Waals surface area contributed by atoms with E-state index in [0.29, 0.717) is 12.0 Å². The normalized spacial score (nSPS) is 8.50. The Bertz CT molecular complexity index is 495. The SMILES string of the molecule is [N-]=[N+]=NCCC#Cc1ccccc1[N+](=O)[O-]. The second kappa shape index (κ2) is 6.06. The molecule has 16 heavy (non-hydrogen) atoms. The molecule has 6 nitrogen and oxygen atoms in total. The van der Waals surface area contributed by atoms with Crippen LogP contribution in [-0.4, -0.2) is 11.5 Å². The van der Waals surface area contributed by atoms with Crippen molar-refractivity contribution in [3.05, 3.63) is 50.4 Å². The van der Waals surface area contributed by atoms with Crippen molar-refractivity contribution < 1.29 is 4.92 Å². The van der Waals surface area contributed by atoms with Gasteiger partial charge in [-0.25, -0.2) is 0 Å². The average molecular weight is 216 g/mol. The second-order valence-corrected chi connectivity index (χ2v) is 2.78. The van der Waals surface area contributed by atoms with Gasteiger partial charge in [-0.15, -0.1) is 0 Å². The largest absolute Gasteiger partial charge is 0.284 e. The molecule has 0 aliphatic rings. The van der Waals surface area contributed by atoms with E-state index in [1.165, 1.54) is 6.07 Å². The van der Waals surface area contributed by atoms with Crippen LogP contribution in [0.5, 0.6) is 0 Å². The first kappa shape index (κ1) is 11.6. The molecule has 1 rings (SSSR count). The summed E-state index contributed by atoms with van der Waals surface area (Å²) in [4.78, 5) is 12.7. The molecule has 0 bridgehead atoms. The highest BCUT2D eigenvalue weighted by Gasteiger charge is 2.09. The number of nitro benzene ring substituents is 1. The minimum Gasteiger partial charge on any atom is -0.258 e. The number of hydrogen-bond donors (Lipinski definition) is 0. The minimum absolute atomic E-state index is 0.0150. The Labute approximate surface area is 91.7 Å². The Hall–Kier alpha value is -2.51. The van der Waals surface area contributed by atoms with Crippen LogP contribution >= 0.6 is 0 Å². The number of nitro groups is 1. The topological polar surface area (TPSA) is 91.9 Å². The third-order valence-electron chi connectivity index (χ3n) is 1.72. The third kappa shape index (κ3) is 3.33. The van der Waals surface area contributed by atoms with Crippen molar-refractivity contribution in [3.8, 4) is 11.8 Å². The first-order chi connectivity index (χ1) is 7.75. The summed E-state index contributed by atoms with van der Waals surface area (Å²) in [6, 6.07) is 6.25. The molecule has 6 heteroatoms. The molecule has 0 spiro atoms. The molecule has 0 saturated heterocycles. The van der Waals surface area contributed by atoms with Crippen molar-refractivity contribution in [2.75, 3.05) is 6.54 Å². The summed E-state index contributed by atoms with van der Waals surface area (Å²) in [5.41, 5.74) is 8.37. The van der Waals surface area contributed by atoms with Gasteiger partial charge in [0.05, 0.1) is 4.92 Å². The number of benzene rings is 1. The summed E-state index contributed by atoms with van der Waals surface area (Å²) in [7, 11) is 0. The molecule has 0 amide bonds. The van der Waals surface area contributed by atoms with E-state index in [-0.39, 0.29) is 12.2 Å². The van der Waals surface area contributed by atoms with Gasteiger partial charge < -0.3 is 0 Å². The van der Waals surface area contributed by atoms with Gasteiger partial charge in [-0.2, -0.15) is 0 Å². The average Bonchev–Trinajstić information content (AvgIpc) is 2.29. The van der Waals surface area contributed by atoms with Gasteiger partial charge >= 0.3 is 0 Å². The molecular weight excluding hydrogens is 208 g/mol. The zero-order valence-electron chi connectivity index (χ0n) is 8.33. The maximum Gasteiger partial charge on any atom is 0.284 e. The highest BCUT2D eigenvalue weighted by Crippen LogP contribution is 2.15. The third-order valence-corrected chi connectivity index (χ3v) is 1.72. The van der Waals surface area contributed by atoms with Gasteiger partial charge in [0.15, 0.2) is 0 Å². The number of para-hydroxylation sites is 1. The summed E-state index contributed by atoms with van der Waals surface area (Å²) in [6.07, 6.45) is 0.385. The molecule has 0 unspecified atom stereocenters. The molecule has 0 atom stereocenters. The first-order valence-corrected chi connectivity index (χ1v) is 4.49. The number of azide groups is 1. The Morgan fingerprint density at radius 2 is 2.25 bits per heavy atom. The molecule has 0 radical (unpaired) electrons. The fourth-order valence-electron chi connectivity index (χ4n) is 1.05. The molecule has 80 valence electrons. The van der Waals surface area contributed by atoms with E-state index in [0.717, 1.165) is 0 Å². The van der Waals surface area contributed by atoms with E-state index in [2.05, 4.69) is 21.9 Å². The Kier molecular flexibility index (Phi) is 4.38. The molecule has 0 saturated carbocycles. The van der Waals surface area contributed by atoms with Gasteiger partial charge in [-0.3, -0.25) is 10.1 Å². The lowest BCUT2D eigenvalue weighted by molar-refractivity contribution is -0.385. The van der Waals surface area contributed by atoms with E-state index in [4.69, 9.17) is 5.53 Å². The molecule has 0 fully saturated rings. The predicted molar refractivity (Wildman–Crippen MR) is 58.6 cm³/mol. The summed E-state index contributed by atoms with van der Waals surface area (Å²) in [5.74, 6) is 5.39. The maximum absolute atomic E-state index is 10.6. The molecule has 0 aromatic heterocycles. The Balaban J connectivity index is 2.80. The fraction of sp³-hybridized carbons (Fsp3) is 0.200. The molecular formula is C10H8N4O2. The van der Waals surface area contributed by atoms with Crippen molar-refractivity contribution in [2.45, 2.75) is 6.42 Å². The van der Waals surface area contributed by atoms with E-state index >= 15 is 0 Å². The number of hydrogen-bond acceptors (Lipinski definition) is 3. The van der Waals surface area contributed by atoms with Gasteiger partial charge in [0.1, 0.15) is 5.56 Å². The van der Waals surface area contributed by atoms with Gasteiger partial charge in [0.2, 0.25) is 0 Å². The monoisotopic (exact) mass is 216 g/mol. The quantitative estimate of drug-likeness (QED) is 0.148. The van der Waals surface area contributed by atoms with Crippen LogP contribution in [0.1, 0.15) is 12.0 Å². The van der Waals surface area contributed by atoms with E-state index in [9.17, 15) is 10.1 Å². The van der Waals surface area contributed by atoms with Crippen LogP contribution in [0.15, 0.2) is 29.4 Å². The lowest BCUT2D eigenvalue weighted by atomic mass is 10.2. The lowest BCUT2D eigenvalue weighted by Gasteiger charge is -1.93. The van der Waals surface area contributed by atoms with Crippen molar-refractivity contribution in [1.82, 2.24) is 0 Å². The zero-order chi connectivity index (χ0) is 11.8. The van der Waals surface area contributed by atoms with E-state index in [1.807, 2.05) is 0 Å². The first-order valence-electron chi connectivity index (χ1n) is 4.49. The van der Waals surface area contributed by atoms with Gasteiger partial charge in [-0.1, -0.05) is 29.1 Å². The highest BCUT2D eigenvalue weighted by molar-refractivity contribution is 5.50. The summed E-state index contributed by atoms with van der Waals surface area (Å²) >= 11 is 0. The van der Waals surface area contributed by atoms with Crippen molar-refractivity contribution in [3.63, 3.8) is 0 Å². The molecule has 1 aromatic carbocycles. The van der Waals surface area contributed by atoms with Crippen LogP contribution < -0.4 is 0 Å². The van der Waals surface area contributed by atoms with Crippen LogP contribution in [0.3, 0.4) is 0 Å². The molecule has 1 aromatic rings. The smallest absolute Gasteiger partial charge is 0.258 e. The van der Waals surface area contributed by atoms with Crippen LogP contribution in [-0.2, 0) is 0 Å². The minimum atomic E-state index is -0.475. The molecule has 0 heterocycles. The van der Waals surface area contributed by atoms with Crippen LogP contribution in [0, 0.1) is 22.0 Å². The predicted octanol–water partition coefficient (Wildman–Crippen LogP) is 2.65. The zero-order valence-corrected chi connectivity index (χ0v) is 8.33. The second-order valence-electron chi connectivity index (χ2n) is 2.78. The highest BCUT2D eigenvalue weighted by atomic mass is 16.6. The molecule has 0 aliphatic heterocycles. The van der Waals surface area contributed by atoms with Crippen molar-refractivity contribution >= 4 is 5.69 Å². The number of nitrogens with zero attached hydrogens (tertiary/aromatic N) is 4. The van der Waals surface area contributed by atoms with Gasteiger partial charge in [0.25, 0.3) is 5.69 Å². The maximum atomic E-state index is 10.6. The molecule has 0 N–H and O–H groups in total. The number of rotatable bonds is 3. The van der Waals surface area contributed by atoms with E-state index in [1.54, 1.807) is 18.2 Å². The van der Waals surface area contributed by atoms with Crippen LogP contribution in [0.4, 0.5) is 5.69 Å². The summed E-state index contributed by atoms with van der Waals surface area (Å²) < 4.78 is 0. The Morgan fingerprint density at radius 3 is 2.94 bits per heavy atom. The van der Waals surface area contributed by atoms with Crippen LogP contribution in [0.2, 0.25) is 0 Å². The fourth-order valence-corrected chi connectivity index (χ4v) is 1.05. The summed E-state index contributed by atoms with van der Waals surface area (Å²) in [6.45, 7) is 0.268. The van der Waals surface area contributed by atoms with Gasteiger partial charge in [-0.05, 0) is 11.6 Å². The van der Waals surface area contributed by atoms with Gasteiger partial charge in [0, 0.05) is 23.9 Å². The van der Waals surface area contributed by atoms with Crippen molar-refractivity contribution in [2.24, 2.45) is 5.11 Å². The van der Waals surface area contributed by atoms with E-state index < -0.39 is 4.92 Å². The lowest BCUT2D eigenvalue weighted by Crippen LogP contribution is -1.91. The van der Waals surface area contributed by atoms with Crippen LogP contribution in [0.25, 0.3) is 10.4 Å². The molecule has 0 aliphatic carbocycles.